The van der Waals surface area contributed by atoms with Gasteiger partial charge in [-0.3, -0.25) is 4.79 Å². The number of hydrogen-bond acceptors (Lipinski definition) is 4. The van der Waals surface area contributed by atoms with Crippen LogP contribution in [0.4, 0.5) is 4.39 Å². The third-order valence-electron chi connectivity index (χ3n) is 4.11. The molecule has 2 heterocycles. The van der Waals surface area contributed by atoms with E-state index in [1.165, 1.54) is 12.1 Å². The molecular formula is C17H20FN3O2. The number of rotatable bonds is 3. The third kappa shape index (κ3) is 3.71. The molecule has 0 spiro atoms. The Morgan fingerprint density at radius 2 is 1.96 bits per heavy atom. The second kappa shape index (κ2) is 6.83. The van der Waals surface area contributed by atoms with E-state index in [0.717, 1.165) is 24.1 Å². The maximum atomic E-state index is 13.0. The van der Waals surface area contributed by atoms with Gasteiger partial charge in [-0.1, -0.05) is 12.1 Å². The molecule has 5 nitrogen and oxygen atoms in total. The zero-order valence-corrected chi connectivity index (χ0v) is 12.8. The Labute approximate surface area is 134 Å². The number of amides is 1. The summed E-state index contributed by atoms with van der Waals surface area (Å²) < 4.78 is 18.3. The fraction of sp³-hybridized carbons (Fsp3) is 0.353. The fourth-order valence-electron chi connectivity index (χ4n) is 2.70. The summed E-state index contributed by atoms with van der Waals surface area (Å²) in [5.74, 6) is -0.349. The van der Waals surface area contributed by atoms with Gasteiger partial charge in [0.25, 0.3) is 0 Å². The molecule has 122 valence electrons. The molecule has 2 aliphatic rings. The van der Waals surface area contributed by atoms with Gasteiger partial charge in [-0.25, -0.2) is 4.39 Å². The molecule has 1 saturated heterocycles. The highest BCUT2D eigenvalue weighted by atomic mass is 19.1. The van der Waals surface area contributed by atoms with Gasteiger partial charge < -0.3 is 21.1 Å². The quantitative estimate of drug-likeness (QED) is 0.789. The van der Waals surface area contributed by atoms with Crippen molar-refractivity contribution in [1.29, 1.82) is 0 Å². The smallest absolute Gasteiger partial charge is 0.227 e. The number of dihydropyridines is 1. The van der Waals surface area contributed by atoms with Crippen molar-refractivity contribution in [3.05, 3.63) is 53.1 Å². The second-order valence-corrected chi connectivity index (χ2v) is 5.73. The molecule has 6 heteroatoms. The summed E-state index contributed by atoms with van der Waals surface area (Å²) in [7, 11) is 0. The molecule has 23 heavy (non-hydrogen) atoms. The first-order valence-corrected chi connectivity index (χ1v) is 7.72. The number of halogens is 1. The average molecular weight is 317 g/mol. The largest absolute Gasteiger partial charge is 0.399 e. The van der Waals surface area contributed by atoms with Crippen LogP contribution in [0.1, 0.15) is 18.4 Å². The van der Waals surface area contributed by atoms with E-state index in [2.05, 4.69) is 10.6 Å². The van der Waals surface area contributed by atoms with Crippen LogP contribution in [-0.2, 0) is 9.53 Å². The van der Waals surface area contributed by atoms with Crippen LogP contribution in [0.3, 0.4) is 0 Å². The number of hydrogen-bond donors (Lipinski definition) is 3. The zero-order chi connectivity index (χ0) is 16.2. The fourth-order valence-corrected chi connectivity index (χ4v) is 2.70. The number of carbonyl (C=O) groups is 1. The average Bonchev–Trinajstić information content (AvgIpc) is 2.58. The first kappa shape index (κ1) is 15.6. The molecule has 3 rings (SSSR count). The van der Waals surface area contributed by atoms with E-state index in [4.69, 9.17) is 10.5 Å². The van der Waals surface area contributed by atoms with Crippen molar-refractivity contribution in [1.82, 2.24) is 10.6 Å². The van der Waals surface area contributed by atoms with Crippen molar-refractivity contribution in [2.45, 2.75) is 12.8 Å². The lowest BCUT2D eigenvalue weighted by molar-refractivity contribution is -0.127. The topological polar surface area (TPSA) is 76.4 Å². The third-order valence-corrected chi connectivity index (χ3v) is 4.11. The molecular weight excluding hydrogens is 297 g/mol. The van der Waals surface area contributed by atoms with Crippen LogP contribution in [0.5, 0.6) is 0 Å². The highest BCUT2D eigenvalue weighted by Crippen LogP contribution is 2.20. The van der Waals surface area contributed by atoms with Crippen LogP contribution in [0.25, 0.3) is 5.70 Å². The normalized spacial score (nSPS) is 19.1. The van der Waals surface area contributed by atoms with Gasteiger partial charge in [-0.2, -0.15) is 0 Å². The van der Waals surface area contributed by atoms with E-state index in [-0.39, 0.29) is 17.6 Å². The van der Waals surface area contributed by atoms with Crippen LogP contribution in [0.15, 0.2) is 41.7 Å². The van der Waals surface area contributed by atoms with Gasteiger partial charge in [-0.15, -0.1) is 0 Å². The highest BCUT2D eigenvalue weighted by Gasteiger charge is 2.23. The minimum atomic E-state index is -0.284. The Bertz CT molecular complexity index is 646. The summed E-state index contributed by atoms with van der Waals surface area (Å²) in [5, 5.41) is 6.09. The Hall–Kier alpha value is -2.34. The molecule has 2 aliphatic heterocycles. The number of carbonyl (C=O) groups excluding carboxylic acids is 1. The van der Waals surface area contributed by atoms with E-state index in [9.17, 15) is 9.18 Å². The molecule has 1 fully saturated rings. The molecule has 0 saturated carbocycles. The van der Waals surface area contributed by atoms with Gasteiger partial charge in [0.05, 0.1) is 17.9 Å². The molecule has 1 aromatic rings. The second-order valence-electron chi connectivity index (χ2n) is 5.73. The summed E-state index contributed by atoms with van der Waals surface area (Å²) in [5.41, 5.74) is 8.84. The van der Waals surface area contributed by atoms with Gasteiger partial charge >= 0.3 is 0 Å². The lowest BCUT2D eigenvalue weighted by atomic mass is 9.99. The number of nitrogens with one attached hydrogen (secondary N) is 2. The molecule has 0 bridgehead atoms. The molecule has 0 aromatic heterocycles. The summed E-state index contributed by atoms with van der Waals surface area (Å²) >= 11 is 0. The number of nitrogens with two attached hydrogens (primary N) is 1. The van der Waals surface area contributed by atoms with E-state index in [0.29, 0.717) is 31.2 Å². The Morgan fingerprint density at radius 3 is 2.65 bits per heavy atom. The first-order valence-electron chi connectivity index (χ1n) is 7.72. The molecule has 0 atom stereocenters. The van der Waals surface area contributed by atoms with Crippen molar-refractivity contribution < 1.29 is 13.9 Å². The van der Waals surface area contributed by atoms with Crippen molar-refractivity contribution in [2.75, 3.05) is 19.8 Å². The molecule has 0 unspecified atom stereocenters. The standard InChI is InChI=1S/C17H20FN3O2/c18-13-3-1-11(2-4-13)15-9-16(14(19)10-20-15)21-17(22)12-5-7-23-8-6-12/h1-4,9,12,20H,5-8,10,19H2,(H,21,22). The van der Waals surface area contributed by atoms with Crippen LogP contribution >= 0.6 is 0 Å². The van der Waals surface area contributed by atoms with E-state index in [1.807, 2.05) is 0 Å². The molecule has 1 aromatic carbocycles. The van der Waals surface area contributed by atoms with Gasteiger partial charge in [0.15, 0.2) is 0 Å². The SMILES string of the molecule is NC1=C(NC(=O)C2CCOCC2)C=C(c2ccc(F)cc2)NC1. The van der Waals surface area contributed by atoms with E-state index in [1.54, 1.807) is 18.2 Å². The predicted octanol–water partition coefficient (Wildman–Crippen LogP) is 1.48. The van der Waals surface area contributed by atoms with Gasteiger partial charge in [0, 0.05) is 24.8 Å². The van der Waals surface area contributed by atoms with E-state index < -0.39 is 0 Å². The van der Waals surface area contributed by atoms with Gasteiger partial charge in [0.1, 0.15) is 5.82 Å². The number of benzene rings is 1. The minimum absolute atomic E-state index is 0.0251. The van der Waals surface area contributed by atoms with Crippen LogP contribution in [-0.4, -0.2) is 25.7 Å². The summed E-state index contributed by atoms with van der Waals surface area (Å²) in [6, 6.07) is 6.18. The van der Waals surface area contributed by atoms with Crippen molar-refractivity contribution >= 4 is 11.6 Å². The number of allylic oxidation sites excluding steroid dienone is 1. The lowest BCUT2D eigenvalue weighted by Crippen LogP contribution is -2.37. The lowest BCUT2D eigenvalue weighted by Gasteiger charge is -2.24. The predicted molar refractivity (Wildman–Crippen MR) is 85.3 cm³/mol. The molecule has 0 aliphatic carbocycles. The van der Waals surface area contributed by atoms with Crippen molar-refractivity contribution in [3.63, 3.8) is 0 Å². The van der Waals surface area contributed by atoms with Gasteiger partial charge in [0.2, 0.25) is 5.91 Å². The first-order chi connectivity index (χ1) is 11.1. The Morgan fingerprint density at radius 1 is 1.26 bits per heavy atom. The molecule has 0 radical (unpaired) electrons. The highest BCUT2D eigenvalue weighted by molar-refractivity contribution is 5.82. The Kier molecular flexibility index (Phi) is 4.62. The maximum absolute atomic E-state index is 13.0. The minimum Gasteiger partial charge on any atom is -0.399 e. The maximum Gasteiger partial charge on any atom is 0.227 e. The molecule has 4 N–H and O–H groups in total. The summed E-state index contributed by atoms with van der Waals surface area (Å²) in [4.78, 5) is 12.3. The monoisotopic (exact) mass is 317 g/mol. The number of ether oxygens (including phenoxy) is 1. The zero-order valence-electron chi connectivity index (χ0n) is 12.8. The summed E-state index contributed by atoms with van der Waals surface area (Å²) in [6.45, 7) is 1.67. The molecule has 1 amide bonds. The van der Waals surface area contributed by atoms with Gasteiger partial charge in [-0.05, 0) is 36.6 Å². The Balaban J connectivity index is 1.74. The van der Waals surface area contributed by atoms with Crippen LogP contribution < -0.4 is 16.4 Å². The summed E-state index contributed by atoms with van der Waals surface area (Å²) in [6.07, 6.45) is 3.25. The van der Waals surface area contributed by atoms with E-state index >= 15 is 0 Å². The van der Waals surface area contributed by atoms with Crippen LogP contribution in [0, 0.1) is 11.7 Å². The van der Waals surface area contributed by atoms with Crippen molar-refractivity contribution in [2.24, 2.45) is 11.7 Å². The van der Waals surface area contributed by atoms with Crippen molar-refractivity contribution in [3.8, 4) is 0 Å². The van der Waals surface area contributed by atoms with Crippen LogP contribution in [0.2, 0.25) is 0 Å².